The predicted molar refractivity (Wildman–Crippen MR) is 72.7 cm³/mol. The number of aromatic carboxylic acids is 1. The van der Waals surface area contributed by atoms with Gasteiger partial charge in [-0.15, -0.1) is 5.10 Å². The van der Waals surface area contributed by atoms with Gasteiger partial charge in [0, 0.05) is 7.05 Å². The Morgan fingerprint density at radius 3 is 2.70 bits per heavy atom. The van der Waals surface area contributed by atoms with Gasteiger partial charge in [-0.3, -0.25) is 4.68 Å². The van der Waals surface area contributed by atoms with Crippen molar-refractivity contribution in [2.24, 2.45) is 7.05 Å². The van der Waals surface area contributed by atoms with E-state index >= 15 is 0 Å². The summed E-state index contributed by atoms with van der Waals surface area (Å²) in [4.78, 5) is 11.1. The average Bonchev–Trinajstić information content (AvgIpc) is 2.96. The summed E-state index contributed by atoms with van der Waals surface area (Å²) in [5.41, 5.74) is 2.71. The first-order valence-electron chi connectivity index (χ1n) is 6.74. The van der Waals surface area contributed by atoms with Crippen LogP contribution in [0.25, 0.3) is 0 Å². The van der Waals surface area contributed by atoms with Crippen LogP contribution in [0.1, 0.15) is 47.8 Å². The maximum Gasteiger partial charge on any atom is 0.358 e. The molecule has 2 heterocycles. The van der Waals surface area contributed by atoms with Crippen molar-refractivity contribution in [3.63, 3.8) is 0 Å². The highest BCUT2D eigenvalue weighted by atomic mass is 16.4. The van der Waals surface area contributed by atoms with Crippen LogP contribution in [0.4, 0.5) is 0 Å². The molecule has 0 radical (unpaired) electrons. The van der Waals surface area contributed by atoms with Gasteiger partial charge in [0.25, 0.3) is 0 Å². The Hall–Kier alpha value is -2.18. The molecular formula is C13H19N5O2. The summed E-state index contributed by atoms with van der Waals surface area (Å²) in [5.74, 6) is -1.03. The first-order valence-corrected chi connectivity index (χ1v) is 6.74. The summed E-state index contributed by atoms with van der Waals surface area (Å²) in [6.07, 6.45) is 2.36. The molecule has 2 aromatic rings. The molecule has 2 rings (SSSR count). The standard InChI is InChI=1S/C13H19N5O2/c1-4-6-11-12(13(19)20)14-16-18(11)8-10-7-9(5-2)15-17(10)3/h7H,4-6,8H2,1-3H3,(H,19,20). The molecule has 0 atom stereocenters. The summed E-state index contributed by atoms with van der Waals surface area (Å²) in [6.45, 7) is 4.54. The first kappa shape index (κ1) is 14.2. The lowest BCUT2D eigenvalue weighted by Gasteiger charge is -2.06. The topological polar surface area (TPSA) is 85.8 Å². The van der Waals surface area contributed by atoms with E-state index in [0.717, 1.165) is 24.2 Å². The van der Waals surface area contributed by atoms with Crippen molar-refractivity contribution in [3.8, 4) is 0 Å². The lowest BCUT2D eigenvalue weighted by molar-refractivity contribution is 0.0689. The number of rotatable bonds is 6. The van der Waals surface area contributed by atoms with Gasteiger partial charge in [0.1, 0.15) is 0 Å². The molecule has 0 saturated heterocycles. The molecule has 0 bridgehead atoms. The SMILES string of the molecule is CCCc1c(C(=O)O)nnn1Cc1cc(CC)nn1C. The number of carboxylic acids is 1. The quantitative estimate of drug-likeness (QED) is 0.859. The van der Waals surface area contributed by atoms with E-state index in [1.54, 1.807) is 9.36 Å². The van der Waals surface area contributed by atoms with Crippen molar-refractivity contribution < 1.29 is 9.90 Å². The first-order chi connectivity index (χ1) is 9.56. The summed E-state index contributed by atoms with van der Waals surface area (Å²) in [5, 5.41) is 21.3. The smallest absolute Gasteiger partial charge is 0.358 e. The molecule has 108 valence electrons. The van der Waals surface area contributed by atoms with Crippen molar-refractivity contribution in [3.05, 3.63) is 28.8 Å². The van der Waals surface area contributed by atoms with E-state index in [4.69, 9.17) is 5.11 Å². The zero-order valence-corrected chi connectivity index (χ0v) is 12.0. The van der Waals surface area contributed by atoms with Gasteiger partial charge in [-0.2, -0.15) is 5.10 Å². The normalized spacial score (nSPS) is 10.9. The molecule has 0 unspecified atom stereocenters. The van der Waals surface area contributed by atoms with E-state index in [0.29, 0.717) is 18.7 Å². The van der Waals surface area contributed by atoms with Crippen LogP contribution in [-0.2, 0) is 26.4 Å². The zero-order valence-electron chi connectivity index (χ0n) is 12.0. The molecule has 0 aliphatic carbocycles. The van der Waals surface area contributed by atoms with Gasteiger partial charge < -0.3 is 5.11 Å². The lowest BCUT2D eigenvalue weighted by atomic mass is 10.2. The Bertz CT molecular complexity index is 614. The lowest BCUT2D eigenvalue weighted by Crippen LogP contribution is -2.11. The van der Waals surface area contributed by atoms with Crippen LogP contribution in [0.15, 0.2) is 6.07 Å². The van der Waals surface area contributed by atoms with Gasteiger partial charge in [0.05, 0.1) is 23.6 Å². The van der Waals surface area contributed by atoms with Gasteiger partial charge in [0.15, 0.2) is 5.69 Å². The number of carbonyl (C=O) groups is 1. The average molecular weight is 277 g/mol. The van der Waals surface area contributed by atoms with Crippen LogP contribution < -0.4 is 0 Å². The molecule has 0 spiro atoms. The minimum Gasteiger partial charge on any atom is -0.476 e. The van der Waals surface area contributed by atoms with Crippen LogP contribution in [0.5, 0.6) is 0 Å². The van der Waals surface area contributed by atoms with Crippen LogP contribution in [0.3, 0.4) is 0 Å². The second-order valence-corrected chi connectivity index (χ2v) is 4.70. The van der Waals surface area contributed by atoms with Gasteiger partial charge in [-0.05, 0) is 18.9 Å². The Labute approximate surface area is 117 Å². The van der Waals surface area contributed by atoms with Crippen molar-refractivity contribution >= 4 is 5.97 Å². The van der Waals surface area contributed by atoms with Gasteiger partial charge in [-0.1, -0.05) is 25.5 Å². The van der Waals surface area contributed by atoms with E-state index in [1.165, 1.54) is 0 Å². The van der Waals surface area contributed by atoms with E-state index in [9.17, 15) is 4.79 Å². The number of aryl methyl sites for hydroxylation is 2. The second-order valence-electron chi connectivity index (χ2n) is 4.70. The Balaban J connectivity index is 2.32. The van der Waals surface area contributed by atoms with Crippen molar-refractivity contribution in [2.45, 2.75) is 39.7 Å². The fourth-order valence-electron chi connectivity index (χ4n) is 2.16. The van der Waals surface area contributed by atoms with E-state index < -0.39 is 5.97 Å². The second kappa shape index (κ2) is 5.85. The van der Waals surface area contributed by atoms with Gasteiger partial charge in [-0.25, -0.2) is 9.48 Å². The Morgan fingerprint density at radius 1 is 1.40 bits per heavy atom. The zero-order chi connectivity index (χ0) is 14.7. The number of carboxylic acid groups (broad SMARTS) is 1. The fraction of sp³-hybridized carbons (Fsp3) is 0.538. The third kappa shape index (κ3) is 2.71. The number of aromatic nitrogens is 5. The monoisotopic (exact) mass is 277 g/mol. The molecule has 0 saturated carbocycles. The van der Waals surface area contributed by atoms with Crippen LogP contribution in [0, 0.1) is 0 Å². The molecule has 20 heavy (non-hydrogen) atoms. The molecule has 0 aliphatic rings. The highest BCUT2D eigenvalue weighted by Gasteiger charge is 2.19. The predicted octanol–water partition coefficient (Wildman–Crippen LogP) is 1.27. The molecule has 2 aromatic heterocycles. The molecule has 0 fully saturated rings. The Kier molecular flexibility index (Phi) is 4.16. The number of nitrogens with zero attached hydrogens (tertiary/aromatic N) is 5. The largest absolute Gasteiger partial charge is 0.476 e. The van der Waals surface area contributed by atoms with Gasteiger partial charge >= 0.3 is 5.97 Å². The molecule has 1 N–H and O–H groups in total. The minimum atomic E-state index is -1.03. The van der Waals surface area contributed by atoms with E-state index in [-0.39, 0.29) is 5.69 Å². The minimum absolute atomic E-state index is 0.0460. The maximum atomic E-state index is 11.1. The maximum absolute atomic E-state index is 11.1. The van der Waals surface area contributed by atoms with Crippen molar-refractivity contribution in [2.75, 3.05) is 0 Å². The summed E-state index contributed by atoms with van der Waals surface area (Å²) < 4.78 is 3.46. The van der Waals surface area contributed by atoms with E-state index in [2.05, 4.69) is 15.4 Å². The highest BCUT2D eigenvalue weighted by molar-refractivity contribution is 5.86. The molecular weight excluding hydrogens is 258 g/mol. The van der Waals surface area contributed by atoms with Crippen LogP contribution in [-0.4, -0.2) is 35.9 Å². The van der Waals surface area contributed by atoms with Crippen LogP contribution >= 0.6 is 0 Å². The third-order valence-electron chi connectivity index (χ3n) is 3.23. The fourth-order valence-corrected chi connectivity index (χ4v) is 2.16. The molecule has 0 amide bonds. The van der Waals surface area contributed by atoms with Crippen molar-refractivity contribution in [1.82, 2.24) is 24.8 Å². The van der Waals surface area contributed by atoms with Gasteiger partial charge in [0.2, 0.25) is 0 Å². The third-order valence-corrected chi connectivity index (χ3v) is 3.23. The molecule has 0 aromatic carbocycles. The molecule has 7 nitrogen and oxygen atoms in total. The summed E-state index contributed by atoms with van der Waals surface area (Å²) in [6, 6.07) is 2.01. The van der Waals surface area contributed by atoms with Crippen LogP contribution in [0.2, 0.25) is 0 Å². The number of hydrogen-bond acceptors (Lipinski definition) is 4. The summed E-state index contributed by atoms with van der Waals surface area (Å²) >= 11 is 0. The molecule has 0 aliphatic heterocycles. The van der Waals surface area contributed by atoms with E-state index in [1.807, 2.05) is 27.0 Å². The number of hydrogen-bond donors (Lipinski definition) is 1. The highest BCUT2D eigenvalue weighted by Crippen LogP contribution is 2.12. The summed E-state index contributed by atoms with van der Waals surface area (Å²) in [7, 11) is 1.88. The van der Waals surface area contributed by atoms with Crippen molar-refractivity contribution in [1.29, 1.82) is 0 Å². The Morgan fingerprint density at radius 2 is 2.15 bits per heavy atom. The molecule has 7 heteroatoms.